The van der Waals surface area contributed by atoms with Crippen molar-refractivity contribution in [2.24, 2.45) is 16.8 Å². The number of hydrogen-bond donors (Lipinski definition) is 3. The van der Waals surface area contributed by atoms with Crippen molar-refractivity contribution in [3.63, 3.8) is 0 Å². The molecule has 0 heterocycles. The molecule has 0 fully saturated rings. The Kier molecular flexibility index (Phi) is 15.4. The summed E-state index contributed by atoms with van der Waals surface area (Å²) in [4.78, 5) is 4.74. The van der Waals surface area contributed by atoms with Gasteiger partial charge < -0.3 is 25.2 Å². The largest absolute Gasteiger partial charge is 0.493 e. The molecule has 0 saturated carbocycles. The maximum Gasteiger partial charge on any atom is 0.191 e. The average molecular weight is 533 g/mol. The minimum atomic E-state index is 0. The molecule has 3 N–H and O–H groups in total. The van der Waals surface area contributed by atoms with Gasteiger partial charge in [0.1, 0.15) is 0 Å². The van der Waals surface area contributed by atoms with E-state index < -0.39 is 0 Å². The fourth-order valence-corrected chi connectivity index (χ4v) is 3.41. The molecule has 0 aliphatic heterocycles. The first-order valence-electron chi connectivity index (χ1n) is 10.5. The molecular formula is C23H40IN3O3. The van der Waals surface area contributed by atoms with Gasteiger partial charge in [0.05, 0.1) is 20.8 Å². The van der Waals surface area contributed by atoms with Crippen LogP contribution in [0, 0.1) is 11.8 Å². The molecule has 30 heavy (non-hydrogen) atoms. The van der Waals surface area contributed by atoms with E-state index in [4.69, 9.17) is 14.5 Å². The Hall–Kier alpha value is -1.48. The summed E-state index contributed by atoms with van der Waals surface area (Å²) in [6.45, 7) is 12.6. The minimum absolute atomic E-state index is 0. The Morgan fingerprint density at radius 1 is 1.23 bits per heavy atom. The predicted octanol–water partition coefficient (Wildman–Crippen LogP) is 4.15. The van der Waals surface area contributed by atoms with Crippen LogP contribution in [-0.4, -0.2) is 45.0 Å². The van der Waals surface area contributed by atoms with Crippen LogP contribution in [0.1, 0.15) is 44.7 Å². The molecule has 7 heteroatoms. The third-order valence-corrected chi connectivity index (χ3v) is 4.64. The highest BCUT2D eigenvalue weighted by Gasteiger charge is 2.13. The third-order valence-electron chi connectivity index (χ3n) is 4.64. The molecule has 6 nitrogen and oxygen atoms in total. The van der Waals surface area contributed by atoms with Gasteiger partial charge >= 0.3 is 0 Å². The highest BCUT2D eigenvalue weighted by Crippen LogP contribution is 2.33. The number of nitrogens with one attached hydrogen (secondary N) is 2. The van der Waals surface area contributed by atoms with E-state index in [1.165, 1.54) is 0 Å². The van der Waals surface area contributed by atoms with Crippen LogP contribution in [0.25, 0.3) is 0 Å². The molecule has 0 spiro atoms. The molecule has 0 saturated heterocycles. The second-order valence-corrected chi connectivity index (χ2v) is 7.57. The first-order valence-corrected chi connectivity index (χ1v) is 10.5. The Labute approximate surface area is 199 Å². The van der Waals surface area contributed by atoms with E-state index >= 15 is 0 Å². The number of aliphatic hydroxyl groups is 1. The highest BCUT2D eigenvalue weighted by molar-refractivity contribution is 14.0. The number of methoxy groups -OCH3 is 2. The Morgan fingerprint density at radius 2 is 1.97 bits per heavy atom. The molecular weight excluding hydrogens is 493 g/mol. The van der Waals surface area contributed by atoms with Crippen molar-refractivity contribution in [1.29, 1.82) is 0 Å². The molecule has 1 unspecified atom stereocenters. The zero-order chi connectivity index (χ0) is 21.6. The monoisotopic (exact) mass is 533 g/mol. The van der Waals surface area contributed by atoms with Gasteiger partial charge in [0.15, 0.2) is 17.5 Å². The normalized spacial score (nSPS) is 12.2. The van der Waals surface area contributed by atoms with Gasteiger partial charge in [-0.25, -0.2) is 4.99 Å². The van der Waals surface area contributed by atoms with E-state index in [0.717, 1.165) is 48.8 Å². The van der Waals surface area contributed by atoms with Gasteiger partial charge in [-0.1, -0.05) is 19.9 Å². The molecule has 0 aliphatic carbocycles. The highest BCUT2D eigenvalue weighted by atomic mass is 127. The number of hydrogen-bond acceptors (Lipinski definition) is 4. The lowest BCUT2D eigenvalue weighted by molar-refractivity contribution is 0.243. The van der Waals surface area contributed by atoms with Gasteiger partial charge in [0, 0.05) is 25.3 Å². The standard InChI is InChI=1S/C23H39N3O3.HI/c1-7-9-20-13-19(14-21(28-5)22(20)29-6)16-26-23(24-8-2)25-15-18(10-11-27)12-17(3)4;/h7,13-14,17-18,27H,1,8-12,15-16H2,2-6H3,(H2,24,25,26);1H. The van der Waals surface area contributed by atoms with Gasteiger partial charge in [0.2, 0.25) is 0 Å². The Bertz CT molecular complexity index is 651. The quantitative estimate of drug-likeness (QED) is 0.154. The van der Waals surface area contributed by atoms with Crippen molar-refractivity contribution in [2.75, 3.05) is 33.9 Å². The van der Waals surface area contributed by atoms with E-state index in [1.807, 2.05) is 12.1 Å². The van der Waals surface area contributed by atoms with Crippen molar-refractivity contribution >= 4 is 29.9 Å². The van der Waals surface area contributed by atoms with Crippen LogP contribution in [0.4, 0.5) is 0 Å². The number of benzene rings is 1. The molecule has 1 aromatic rings. The summed E-state index contributed by atoms with van der Waals surface area (Å²) >= 11 is 0. The maximum absolute atomic E-state index is 9.33. The molecule has 1 aromatic carbocycles. The molecule has 0 amide bonds. The van der Waals surface area contributed by atoms with E-state index in [2.05, 4.69) is 44.1 Å². The number of nitrogens with zero attached hydrogens (tertiary/aromatic N) is 1. The first-order chi connectivity index (χ1) is 14.0. The Morgan fingerprint density at radius 3 is 2.50 bits per heavy atom. The first kappa shape index (κ1) is 28.5. The minimum Gasteiger partial charge on any atom is -0.493 e. The van der Waals surface area contributed by atoms with Crippen LogP contribution >= 0.6 is 24.0 Å². The number of halogens is 1. The molecule has 172 valence electrons. The zero-order valence-electron chi connectivity index (χ0n) is 19.2. The summed E-state index contributed by atoms with van der Waals surface area (Å²) in [5, 5.41) is 16.1. The van der Waals surface area contributed by atoms with E-state index in [9.17, 15) is 5.11 Å². The van der Waals surface area contributed by atoms with Crippen LogP contribution in [-0.2, 0) is 13.0 Å². The van der Waals surface area contributed by atoms with Gasteiger partial charge in [-0.05, 0) is 55.7 Å². The number of aliphatic imine (C=N–C) groups is 1. The second-order valence-electron chi connectivity index (χ2n) is 7.57. The number of allylic oxidation sites excluding steroid dienone is 1. The van der Waals surface area contributed by atoms with Crippen LogP contribution < -0.4 is 20.1 Å². The van der Waals surface area contributed by atoms with Crippen molar-refractivity contribution < 1.29 is 14.6 Å². The lowest BCUT2D eigenvalue weighted by Crippen LogP contribution is -2.40. The number of rotatable bonds is 13. The number of ether oxygens (including phenoxy) is 2. The average Bonchev–Trinajstić information content (AvgIpc) is 2.69. The fourth-order valence-electron chi connectivity index (χ4n) is 3.41. The van der Waals surface area contributed by atoms with Crippen LogP contribution in [0.5, 0.6) is 11.5 Å². The zero-order valence-corrected chi connectivity index (χ0v) is 21.5. The van der Waals surface area contributed by atoms with E-state index in [0.29, 0.717) is 30.6 Å². The van der Waals surface area contributed by atoms with Crippen molar-refractivity contribution in [3.05, 3.63) is 35.9 Å². The van der Waals surface area contributed by atoms with Crippen LogP contribution in [0.3, 0.4) is 0 Å². The lowest BCUT2D eigenvalue weighted by atomic mass is 9.94. The summed E-state index contributed by atoms with van der Waals surface area (Å²) in [6.07, 6.45) is 4.43. The predicted molar refractivity (Wildman–Crippen MR) is 136 cm³/mol. The number of guanidine groups is 1. The van der Waals surface area contributed by atoms with Crippen molar-refractivity contribution in [3.8, 4) is 11.5 Å². The van der Waals surface area contributed by atoms with E-state index in [-0.39, 0.29) is 30.6 Å². The second kappa shape index (κ2) is 16.2. The smallest absolute Gasteiger partial charge is 0.191 e. The third kappa shape index (κ3) is 10.0. The molecule has 0 aromatic heterocycles. The SMILES string of the molecule is C=CCc1cc(CN=C(NCC)NCC(CCO)CC(C)C)cc(OC)c1OC.I. The molecule has 0 aliphatic rings. The summed E-state index contributed by atoms with van der Waals surface area (Å²) in [6, 6.07) is 4.05. The Balaban J connectivity index is 0.00000841. The van der Waals surface area contributed by atoms with Crippen molar-refractivity contribution in [2.45, 2.75) is 46.6 Å². The lowest BCUT2D eigenvalue weighted by Gasteiger charge is -2.20. The summed E-state index contributed by atoms with van der Waals surface area (Å²) < 4.78 is 11.0. The van der Waals surface area contributed by atoms with Crippen LogP contribution in [0.2, 0.25) is 0 Å². The van der Waals surface area contributed by atoms with Gasteiger partial charge in [-0.2, -0.15) is 0 Å². The fraction of sp³-hybridized carbons (Fsp3) is 0.609. The van der Waals surface area contributed by atoms with Crippen LogP contribution in [0.15, 0.2) is 29.8 Å². The van der Waals surface area contributed by atoms with Gasteiger partial charge in [0.25, 0.3) is 0 Å². The molecule has 1 rings (SSSR count). The van der Waals surface area contributed by atoms with Gasteiger partial charge in [-0.15, -0.1) is 30.6 Å². The van der Waals surface area contributed by atoms with Crippen molar-refractivity contribution in [1.82, 2.24) is 10.6 Å². The molecule has 0 radical (unpaired) electrons. The van der Waals surface area contributed by atoms with E-state index in [1.54, 1.807) is 14.2 Å². The van der Waals surface area contributed by atoms with Gasteiger partial charge in [-0.3, -0.25) is 0 Å². The topological polar surface area (TPSA) is 75.1 Å². The summed E-state index contributed by atoms with van der Waals surface area (Å²) in [7, 11) is 3.29. The summed E-state index contributed by atoms with van der Waals surface area (Å²) in [5.74, 6) is 3.24. The number of aliphatic hydroxyl groups excluding tert-OH is 1. The summed E-state index contributed by atoms with van der Waals surface area (Å²) in [5.41, 5.74) is 2.08. The molecule has 1 atom stereocenters. The maximum atomic E-state index is 9.33. The molecule has 0 bridgehead atoms.